The lowest BCUT2D eigenvalue weighted by molar-refractivity contribution is 0.200. The molecule has 0 saturated heterocycles. The molecule has 2 amide bonds. The van der Waals surface area contributed by atoms with Gasteiger partial charge in [0, 0.05) is 19.3 Å². The van der Waals surface area contributed by atoms with Gasteiger partial charge in [0.05, 0.1) is 0 Å². The van der Waals surface area contributed by atoms with Crippen LogP contribution in [0.25, 0.3) is 0 Å². The van der Waals surface area contributed by atoms with E-state index in [1.165, 1.54) is 12.8 Å². The van der Waals surface area contributed by atoms with Gasteiger partial charge in [-0.25, -0.2) is 4.79 Å². The minimum absolute atomic E-state index is 0.0483. The van der Waals surface area contributed by atoms with Crippen molar-refractivity contribution in [3.8, 4) is 0 Å². The molecular formula is C13H24N2O. The van der Waals surface area contributed by atoms with Crippen LogP contribution in [0.4, 0.5) is 4.79 Å². The van der Waals surface area contributed by atoms with Crippen LogP contribution in [0.5, 0.6) is 0 Å². The number of unbranched alkanes of at least 4 members (excludes halogenated alkanes) is 1. The fourth-order valence-corrected chi connectivity index (χ4v) is 1.57. The summed E-state index contributed by atoms with van der Waals surface area (Å²) in [5.74, 6) is 0.718. The van der Waals surface area contributed by atoms with Gasteiger partial charge in [0.15, 0.2) is 0 Å². The van der Waals surface area contributed by atoms with E-state index in [0.29, 0.717) is 0 Å². The van der Waals surface area contributed by atoms with Crippen LogP contribution < -0.4 is 5.32 Å². The molecule has 1 fully saturated rings. The number of rotatable bonds is 7. The third kappa shape index (κ3) is 5.19. The van der Waals surface area contributed by atoms with Crippen LogP contribution in [0.2, 0.25) is 0 Å². The molecule has 0 unspecified atom stereocenters. The highest BCUT2D eigenvalue weighted by Crippen LogP contribution is 2.29. The standard InChI is InChI=1S/C13H24N2O/c1-3-5-11-15(10-4-2)13(16)14-9-8-12-6-7-12/h8-9,12H,3-7,10-11H2,1-2H3,(H,14,16)/b9-8+. The van der Waals surface area contributed by atoms with Crippen molar-refractivity contribution in [3.63, 3.8) is 0 Å². The van der Waals surface area contributed by atoms with Crippen molar-refractivity contribution in [2.24, 2.45) is 5.92 Å². The highest BCUT2D eigenvalue weighted by atomic mass is 16.2. The average Bonchev–Trinajstić information content (AvgIpc) is 3.08. The third-order valence-electron chi connectivity index (χ3n) is 2.76. The second kappa shape index (κ2) is 7.31. The molecule has 1 saturated carbocycles. The first-order valence-electron chi connectivity index (χ1n) is 6.50. The lowest BCUT2D eigenvalue weighted by atomic mass is 10.3. The summed E-state index contributed by atoms with van der Waals surface area (Å²) in [5, 5.41) is 2.85. The number of hydrogen-bond acceptors (Lipinski definition) is 1. The largest absolute Gasteiger partial charge is 0.325 e. The van der Waals surface area contributed by atoms with Gasteiger partial charge in [-0.3, -0.25) is 0 Å². The summed E-state index contributed by atoms with van der Waals surface area (Å²) in [5.41, 5.74) is 0. The number of allylic oxidation sites excluding steroid dienone is 1. The summed E-state index contributed by atoms with van der Waals surface area (Å²) in [6, 6.07) is 0.0483. The number of nitrogens with one attached hydrogen (secondary N) is 1. The fourth-order valence-electron chi connectivity index (χ4n) is 1.57. The summed E-state index contributed by atoms with van der Waals surface area (Å²) in [4.78, 5) is 13.7. The highest BCUT2D eigenvalue weighted by Gasteiger charge is 2.17. The van der Waals surface area contributed by atoms with Gasteiger partial charge in [0.2, 0.25) is 0 Å². The van der Waals surface area contributed by atoms with E-state index in [4.69, 9.17) is 0 Å². The molecule has 0 aromatic heterocycles. The Balaban J connectivity index is 2.26. The molecule has 1 aliphatic rings. The Kier molecular flexibility index (Phi) is 5.98. The average molecular weight is 224 g/mol. The van der Waals surface area contributed by atoms with Crippen molar-refractivity contribution in [2.75, 3.05) is 13.1 Å². The molecule has 0 heterocycles. The Labute approximate surface area is 98.9 Å². The predicted molar refractivity (Wildman–Crippen MR) is 67.2 cm³/mol. The zero-order valence-electron chi connectivity index (χ0n) is 10.5. The Hall–Kier alpha value is -0.990. The van der Waals surface area contributed by atoms with Gasteiger partial charge in [-0.2, -0.15) is 0 Å². The second-order valence-corrected chi connectivity index (χ2v) is 4.49. The van der Waals surface area contributed by atoms with Crippen LogP contribution in [0.15, 0.2) is 12.3 Å². The molecular weight excluding hydrogens is 200 g/mol. The number of carbonyl (C=O) groups is 1. The summed E-state index contributed by atoms with van der Waals surface area (Å²) >= 11 is 0. The summed E-state index contributed by atoms with van der Waals surface area (Å²) in [6.45, 7) is 5.97. The van der Waals surface area contributed by atoms with Crippen LogP contribution in [0, 0.1) is 5.92 Å². The first kappa shape index (κ1) is 13.1. The first-order chi connectivity index (χ1) is 7.77. The molecule has 0 spiro atoms. The molecule has 0 aromatic rings. The summed E-state index contributed by atoms with van der Waals surface area (Å²) < 4.78 is 0. The second-order valence-electron chi connectivity index (χ2n) is 4.49. The van der Waals surface area contributed by atoms with Crippen LogP contribution in [0.1, 0.15) is 46.0 Å². The van der Waals surface area contributed by atoms with E-state index in [1.54, 1.807) is 0 Å². The van der Waals surface area contributed by atoms with Crippen LogP contribution in [0.3, 0.4) is 0 Å². The lowest BCUT2D eigenvalue weighted by Gasteiger charge is -2.21. The number of hydrogen-bond donors (Lipinski definition) is 1. The van der Waals surface area contributed by atoms with E-state index in [1.807, 2.05) is 11.1 Å². The molecule has 3 heteroatoms. The Morgan fingerprint density at radius 2 is 2.06 bits per heavy atom. The summed E-state index contributed by atoms with van der Waals surface area (Å²) in [7, 11) is 0. The Bertz CT molecular complexity index is 234. The molecule has 92 valence electrons. The van der Waals surface area contributed by atoms with Gasteiger partial charge in [-0.1, -0.05) is 26.3 Å². The van der Waals surface area contributed by atoms with E-state index in [2.05, 4.69) is 25.2 Å². The number of carbonyl (C=O) groups excluding carboxylic acids is 1. The van der Waals surface area contributed by atoms with Gasteiger partial charge >= 0.3 is 6.03 Å². The molecule has 3 nitrogen and oxygen atoms in total. The number of nitrogens with zero attached hydrogens (tertiary/aromatic N) is 1. The SMILES string of the molecule is CCCCN(CCC)C(=O)N/C=C/C1CC1. The van der Waals surface area contributed by atoms with Gasteiger partial charge in [-0.15, -0.1) is 0 Å². The number of amides is 2. The molecule has 1 rings (SSSR count). The van der Waals surface area contributed by atoms with Gasteiger partial charge < -0.3 is 10.2 Å². The minimum atomic E-state index is 0.0483. The Morgan fingerprint density at radius 3 is 2.62 bits per heavy atom. The molecule has 0 aliphatic heterocycles. The molecule has 0 bridgehead atoms. The van der Waals surface area contributed by atoms with E-state index < -0.39 is 0 Å². The topological polar surface area (TPSA) is 32.3 Å². The Morgan fingerprint density at radius 1 is 1.31 bits per heavy atom. The lowest BCUT2D eigenvalue weighted by Crippen LogP contribution is -2.38. The smallest absolute Gasteiger partial charge is 0.321 e. The van der Waals surface area contributed by atoms with E-state index >= 15 is 0 Å². The van der Waals surface area contributed by atoms with Crippen LogP contribution >= 0.6 is 0 Å². The van der Waals surface area contributed by atoms with Gasteiger partial charge in [0.25, 0.3) is 0 Å². The van der Waals surface area contributed by atoms with Crippen molar-refractivity contribution >= 4 is 6.03 Å². The van der Waals surface area contributed by atoms with E-state index in [0.717, 1.165) is 38.3 Å². The first-order valence-corrected chi connectivity index (χ1v) is 6.50. The maximum Gasteiger partial charge on any atom is 0.321 e. The van der Waals surface area contributed by atoms with Crippen molar-refractivity contribution in [1.82, 2.24) is 10.2 Å². The highest BCUT2D eigenvalue weighted by molar-refractivity contribution is 5.75. The monoisotopic (exact) mass is 224 g/mol. The maximum atomic E-state index is 11.8. The molecule has 0 radical (unpaired) electrons. The maximum absolute atomic E-state index is 11.8. The van der Waals surface area contributed by atoms with Crippen molar-refractivity contribution in [2.45, 2.75) is 46.0 Å². The van der Waals surface area contributed by atoms with Crippen molar-refractivity contribution in [3.05, 3.63) is 12.3 Å². The molecule has 1 aliphatic carbocycles. The molecule has 0 aromatic carbocycles. The van der Waals surface area contributed by atoms with Crippen molar-refractivity contribution < 1.29 is 4.79 Å². The minimum Gasteiger partial charge on any atom is -0.325 e. The summed E-state index contributed by atoms with van der Waals surface area (Å²) in [6.07, 6.45) is 9.70. The zero-order valence-corrected chi connectivity index (χ0v) is 10.5. The van der Waals surface area contributed by atoms with Crippen LogP contribution in [-0.2, 0) is 0 Å². The third-order valence-corrected chi connectivity index (χ3v) is 2.76. The number of urea groups is 1. The van der Waals surface area contributed by atoms with Gasteiger partial charge in [0.1, 0.15) is 0 Å². The molecule has 0 atom stereocenters. The van der Waals surface area contributed by atoms with Gasteiger partial charge in [-0.05, 0) is 31.6 Å². The molecule has 16 heavy (non-hydrogen) atoms. The quantitative estimate of drug-likeness (QED) is 0.708. The molecule has 1 N–H and O–H groups in total. The normalized spacial score (nSPS) is 15.4. The van der Waals surface area contributed by atoms with E-state index in [-0.39, 0.29) is 6.03 Å². The van der Waals surface area contributed by atoms with E-state index in [9.17, 15) is 4.79 Å². The predicted octanol–water partition coefficient (Wildman–Crippen LogP) is 3.13. The van der Waals surface area contributed by atoms with Crippen LogP contribution in [-0.4, -0.2) is 24.0 Å². The fraction of sp³-hybridized carbons (Fsp3) is 0.769. The van der Waals surface area contributed by atoms with Crippen molar-refractivity contribution in [1.29, 1.82) is 0 Å². The zero-order chi connectivity index (χ0) is 11.8.